The molecule has 0 fully saturated rings. The van der Waals surface area contributed by atoms with Gasteiger partial charge >= 0.3 is 0 Å². The minimum Gasteiger partial charge on any atom is -0.366 e. The first-order chi connectivity index (χ1) is 8.15. The molecular formula is C13H12BrFN2. The highest BCUT2D eigenvalue weighted by Crippen LogP contribution is 2.13. The average Bonchev–Trinajstić information content (AvgIpc) is 2.33. The lowest BCUT2D eigenvalue weighted by molar-refractivity contribution is 0.617. The second-order valence-corrected chi connectivity index (χ2v) is 4.71. The van der Waals surface area contributed by atoms with Crippen molar-refractivity contribution in [2.45, 2.75) is 13.5 Å². The van der Waals surface area contributed by atoms with E-state index in [0.717, 1.165) is 15.9 Å². The van der Waals surface area contributed by atoms with Gasteiger partial charge in [-0.3, -0.25) is 0 Å². The van der Waals surface area contributed by atoms with Crippen LogP contribution in [0.3, 0.4) is 0 Å². The molecule has 0 radical (unpaired) electrons. The van der Waals surface area contributed by atoms with Crippen LogP contribution in [0.15, 0.2) is 41.0 Å². The Morgan fingerprint density at radius 1 is 1.29 bits per heavy atom. The molecule has 1 aromatic carbocycles. The van der Waals surface area contributed by atoms with Gasteiger partial charge in [-0.25, -0.2) is 9.37 Å². The molecule has 0 bridgehead atoms. The second-order valence-electron chi connectivity index (χ2n) is 3.80. The number of nitrogens with one attached hydrogen (secondary N) is 1. The lowest BCUT2D eigenvalue weighted by Gasteiger charge is -2.06. The molecule has 4 heteroatoms. The third-order valence-corrected chi connectivity index (χ3v) is 2.89. The Labute approximate surface area is 108 Å². The van der Waals surface area contributed by atoms with E-state index >= 15 is 0 Å². The summed E-state index contributed by atoms with van der Waals surface area (Å²) in [6.45, 7) is 2.40. The Bertz CT molecular complexity index is 511. The van der Waals surface area contributed by atoms with Gasteiger partial charge in [-0.15, -0.1) is 0 Å². The summed E-state index contributed by atoms with van der Waals surface area (Å²) in [7, 11) is 0. The summed E-state index contributed by atoms with van der Waals surface area (Å²) in [5.41, 5.74) is 1.70. The van der Waals surface area contributed by atoms with Crippen molar-refractivity contribution in [2.24, 2.45) is 0 Å². The van der Waals surface area contributed by atoms with Gasteiger partial charge < -0.3 is 5.32 Å². The van der Waals surface area contributed by atoms with Crippen LogP contribution in [0.25, 0.3) is 0 Å². The molecule has 1 heterocycles. The van der Waals surface area contributed by atoms with E-state index < -0.39 is 0 Å². The highest BCUT2D eigenvalue weighted by molar-refractivity contribution is 9.10. The zero-order chi connectivity index (χ0) is 12.3. The molecule has 0 aliphatic rings. The Kier molecular flexibility index (Phi) is 3.74. The zero-order valence-electron chi connectivity index (χ0n) is 9.37. The Hall–Kier alpha value is -1.42. The molecule has 0 spiro atoms. The first-order valence-corrected chi connectivity index (χ1v) is 6.05. The topological polar surface area (TPSA) is 24.9 Å². The highest BCUT2D eigenvalue weighted by Gasteiger charge is 1.99. The van der Waals surface area contributed by atoms with Crippen molar-refractivity contribution in [1.82, 2.24) is 4.98 Å². The van der Waals surface area contributed by atoms with E-state index in [0.29, 0.717) is 12.1 Å². The number of aryl methyl sites for hydroxylation is 1. The van der Waals surface area contributed by atoms with Crippen LogP contribution >= 0.6 is 15.9 Å². The zero-order valence-corrected chi connectivity index (χ0v) is 11.0. The van der Waals surface area contributed by atoms with Crippen molar-refractivity contribution < 1.29 is 4.39 Å². The number of rotatable bonds is 3. The van der Waals surface area contributed by atoms with Crippen LogP contribution in [0.2, 0.25) is 0 Å². The van der Waals surface area contributed by atoms with Gasteiger partial charge in [-0.05, 0) is 52.2 Å². The molecule has 2 aromatic rings. The minimum atomic E-state index is -0.171. The van der Waals surface area contributed by atoms with Gasteiger partial charge in [0.15, 0.2) is 0 Å². The first kappa shape index (κ1) is 12.0. The summed E-state index contributed by atoms with van der Waals surface area (Å²) in [4.78, 5) is 4.20. The van der Waals surface area contributed by atoms with Gasteiger partial charge in [0.1, 0.15) is 11.6 Å². The van der Waals surface area contributed by atoms with Crippen LogP contribution < -0.4 is 5.32 Å². The molecule has 0 unspecified atom stereocenters. The van der Waals surface area contributed by atoms with Gasteiger partial charge in [-0.1, -0.05) is 12.1 Å². The molecule has 0 amide bonds. The number of nitrogens with zero attached hydrogens (tertiary/aromatic N) is 1. The molecule has 0 aliphatic heterocycles. The van der Waals surface area contributed by atoms with Crippen LogP contribution in [-0.4, -0.2) is 4.98 Å². The molecule has 0 saturated heterocycles. The van der Waals surface area contributed by atoms with E-state index in [1.165, 1.54) is 6.07 Å². The van der Waals surface area contributed by atoms with E-state index in [-0.39, 0.29) is 5.82 Å². The largest absolute Gasteiger partial charge is 0.366 e. The summed E-state index contributed by atoms with van der Waals surface area (Å²) in [5, 5.41) is 3.18. The van der Waals surface area contributed by atoms with E-state index in [2.05, 4.69) is 26.2 Å². The van der Waals surface area contributed by atoms with Crippen LogP contribution in [0.5, 0.6) is 0 Å². The van der Waals surface area contributed by atoms with Crippen molar-refractivity contribution >= 4 is 21.7 Å². The number of aromatic nitrogens is 1. The van der Waals surface area contributed by atoms with Crippen LogP contribution in [0.4, 0.5) is 10.2 Å². The standard InChI is InChI=1S/C13H12BrFN2/c1-9-6-10(2-4-12(9)15)7-16-13-5-3-11(14)8-17-13/h2-6,8H,7H2,1H3,(H,16,17). The fourth-order valence-corrected chi connectivity index (χ4v) is 1.72. The third kappa shape index (κ3) is 3.27. The Balaban J connectivity index is 2.02. The molecule has 88 valence electrons. The van der Waals surface area contributed by atoms with Crippen LogP contribution in [0, 0.1) is 12.7 Å². The maximum Gasteiger partial charge on any atom is 0.126 e. The van der Waals surface area contributed by atoms with E-state index in [1.807, 2.05) is 18.2 Å². The number of halogens is 2. The van der Waals surface area contributed by atoms with Crippen molar-refractivity contribution in [1.29, 1.82) is 0 Å². The predicted molar refractivity (Wildman–Crippen MR) is 70.4 cm³/mol. The van der Waals surface area contributed by atoms with E-state index in [9.17, 15) is 4.39 Å². The second kappa shape index (κ2) is 5.27. The molecular weight excluding hydrogens is 283 g/mol. The van der Waals surface area contributed by atoms with Gasteiger partial charge in [0, 0.05) is 17.2 Å². The number of pyridine rings is 1. The van der Waals surface area contributed by atoms with Crippen LogP contribution in [0.1, 0.15) is 11.1 Å². The molecule has 0 atom stereocenters. The molecule has 0 aliphatic carbocycles. The van der Waals surface area contributed by atoms with Gasteiger partial charge in [-0.2, -0.15) is 0 Å². The fraction of sp³-hybridized carbons (Fsp3) is 0.154. The summed E-state index contributed by atoms with van der Waals surface area (Å²) in [5.74, 6) is 0.630. The Morgan fingerprint density at radius 2 is 2.12 bits per heavy atom. The van der Waals surface area contributed by atoms with Crippen LogP contribution in [-0.2, 0) is 6.54 Å². The predicted octanol–water partition coefficient (Wildman–Crippen LogP) is 3.90. The SMILES string of the molecule is Cc1cc(CNc2ccc(Br)cn2)ccc1F. The first-order valence-electron chi connectivity index (χ1n) is 5.25. The van der Waals surface area contributed by atoms with E-state index in [1.54, 1.807) is 19.2 Å². The maximum atomic E-state index is 13.1. The quantitative estimate of drug-likeness (QED) is 0.928. The van der Waals surface area contributed by atoms with Crippen molar-refractivity contribution in [3.05, 3.63) is 57.9 Å². The van der Waals surface area contributed by atoms with Gasteiger partial charge in [0.05, 0.1) is 0 Å². The number of anilines is 1. The summed E-state index contributed by atoms with van der Waals surface area (Å²) in [6, 6.07) is 8.91. The molecule has 0 saturated carbocycles. The van der Waals surface area contributed by atoms with Crippen molar-refractivity contribution in [3.63, 3.8) is 0 Å². The molecule has 1 aromatic heterocycles. The smallest absolute Gasteiger partial charge is 0.126 e. The summed E-state index contributed by atoms with van der Waals surface area (Å²) >= 11 is 3.33. The lowest BCUT2D eigenvalue weighted by atomic mass is 10.1. The normalized spacial score (nSPS) is 10.3. The van der Waals surface area contributed by atoms with E-state index in [4.69, 9.17) is 0 Å². The molecule has 2 rings (SSSR count). The summed E-state index contributed by atoms with van der Waals surface area (Å²) in [6.07, 6.45) is 1.73. The minimum absolute atomic E-state index is 0.171. The molecule has 2 nitrogen and oxygen atoms in total. The fourth-order valence-electron chi connectivity index (χ4n) is 1.49. The highest BCUT2D eigenvalue weighted by atomic mass is 79.9. The third-order valence-electron chi connectivity index (χ3n) is 2.42. The molecule has 17 heavy (non-hydrogen) atoms. The number of hydrogen-bond donors (Lipinski definition) is 1. The number of hydrogen-bond acceptors (Lipinski definition) is 2. The van der Waals surface area contributed by atoms with Crippen molar-refractivity contribution in [3.8, 4) is 0 Å². The van der Waals surface area contributed by atoms with Crippen molar-refractivity contribution in [2.75, 3.05) is 5.32 Å². The summed E-state index contributed by atoms with van der Waals surface area (Å²) < 4.78 is 14.0. The monoisotopic (exact) mass is 294 g/mol. The maximum absolute atomic E-state index is 13.1. The van der Waals surface area contributed by atoms with Gasteiger partial charge in [0.25, 0.3) is 0 Å². The lowest BCUT2D eigenvalue weighted by Crippen LogP contribution is -2.01. The molecule has 1 N–H and O–H groups in total. The number of benzene rings is 1. The van der Waals surface area contributed by atoms with Gasteiger partial charge in [0.2, 0.25) is 0 Å². The Morgan fingerprint density at radius 3 is 2.76 bits per heavy atom. The average molecular weight is 295 g/mol.